The number of phenols is 1. The summed E-state index contributed by atoms with van der Waals surface area (Å²) < 4.78 is 0. The third kappa shape index (κ3) is 4.62. The molecule has 104 valence electrons. The molecular formula is C14H19NO4. The topological polar surface area (TPSA) is 86.6 Å². The Morgan fingerprint density at radius 3 is 2.58 bits per heavy atom. The lowest BCUT2D eigenvalue weighted by molar-refractivity contribution is -0.138. The second-order valence-corrected chi connectivity index (χ2v) is 4.58. The third-order valence-corrected chi connectivity index (χ3v) is 3.05. The van der Waals surface area contributed by atoms with Crippen LogP contribution in [0.25, 0.3) is 0 Å². The summed E-state index contributed by atoms with van der Waals surface area (Å²) in [6, 6.07) is 4.61. The first-order valence-corrected chi connectivity index (χ1v) is 6.23. The second-order valence-electron chi connectivity index (χ2n) is 4.58. The van der Waals surface area contributed by atoms with Crippen LogP contribution in [-0.4, -0.2) is 28.6 Å². The summed E-state index contributed by atoms with van der Waals surface area (Å²) in [5, 5.41) is 20.8. The monoisotopic (exact) mass is 265 g/mol. The molecule has 0 saturated heterocycles. The summed E-state index contributed by atoms with van der Waals surface area (Å²) in [6.45, 7) is 3.94. The maximum atomic E-state index is 11.9. The van der Waals surface area contributed by atoms with Gasteiger partial charge in [0.1, 0.15) is 5.75 Å². The van der Waals surface area contributed by atoms with E-state index in [1.54, 1.807) is 13.0 Å². The number of carbonyl (C=O) groups excluding carboxylic acids is 1. The van der Waals surface area contributed by atoms with Crippen molar-refractivity contribution in [3.05, 3.63) is 29.3 Å². The molecule has 19 heavy (non-hydrogen) atoms. The van der Waals surface area contributed by atoms with E-state index in [2.05, 4.69) is 5.32 Å². The number of amides is 1. The Bertz CT molecular complexity index is 471. The van der Waals surface area contributed by atoms with Crippen molar-refractivity contribution in [1.82, 2.24) is 5.32 Å². The molecule has 0 aliphatic rings. The van der Waals surface area contributed by atoms with Gasteiger partial charge in [-0.15, -0.1) is 0 Å². The molecule has 1 amide bonds. The maximum absolute atomic E-state index is 11.9. The molecule has 0 fully saturated rings. The van der Waals surface area contributed by atoms with Crippen molar-refractivity contribution >= 4 is 11.9 Å². The van der Waals surface area contributed by atoms with E-state index in [9.17, 15) is 14.7 Å². The minimum Gasteiger partial charge on any atom is -0.508 e. The largest absolute Gasteiger partial charge is 0.508 e. The van der Waals surface area contributed by atoms with Crippen LogP contribution in [0.4, 0.5) is 0 Å². The number of carboxylic acids is 1. The number of hydrogen-bond donors (Lipinski definition) is 3. The van der Waals surface area contributed by atoms with E-state index in [1.807, 2.05) is 6.92 Å². The molecule has 3 N–H and O–H groups in total. The van der Waals surface area contributed by atoms with Gasteiger partial charge in [-0.1, -0.05) is 13.3 Å². The van der Waals surface area contributed by atoms with Crippen LogP contribution >= 0.6 is 0 Å². The zero-order valence-electron chi connectivity index (χ0n) is 11.1. The Balaban J connectivity index is 2.59. The van der Waals surface area contributed by atoms with Crippen LogP contribution in [0.5, 0.6) is 5.75 Å². The molecule has 1 rings (SSSR count). The lowest BCUT2D eigenvalue weighted by Gasteiger charge is -2.13. The summed E-state index contributed by atoms with van der Waals surface area (Å²) in [5.41, 5.74) is 1.09. The molecule has 1 aromatic rings. The number of rotatable bonds is 6. The molecule has 0 bridgehead atoms. The fourth-order valence-electron chi connectivity index (χ4n) is 1.74. The van der Waals surface area contributed by atoms with E-state index in [1.165, 1.54) is 12.1 Å². The Hall–Kier alpha value is -2.04. The summed E-state index contributed by atoms with van der Waals surface area (Å²) >= 11 is 0. The molecule has 0 aliphatic heterocycles. The average Bonchev–Trinajstić information content (AvgIpc) is 2.36. The molecule has 1 atom stereocenters. The first-order valence-electron chi connectivity index (χ1n) is 6.23. The van der Waals surface area contributed by atoms with Crippen LogP contribution in [0.15, 0.2) is 18.2 Å². The minimum atomic E-state index is -0.860. The van der Waals surface area contributed by atoms with E-state index in [-0.39, 0.29) is 24.0 Å². The number of aliphatic carboxylic acids is 1. The minimum absolute atomic E-state index is 0.0470. The Kier molecular flexibility index (Phi) is 5.36. The van der Waals surface area contributed by atoms with Gasteiger partial charge < -0.3 is 15.5 Å². The average molecular weight is 265 g/mol. The summed E-state index contributed by atoms with van der Waals surface area (Å²) in [4.78, 5) is 22.5. The second kappa shape index (κ2) is 6.78. The summed E-state index contributed by atoms with van der Waals surface area (Å²) in [5.74, 6) is -1.04. The van der Waals surface area contributed by atoms with Crippen molar-refractivity contribution in [3.8, 4) is 5.75 Å². The SMILES string of the molecule is CCC(CNC(=O)c1ccc(O)c(C)c1)CC(=O)O. The fraction of sp³-hybridized carbons (Fsp3) is 0.429. The molecule has 1 unspecified atom stereocenters. The van der Waals surface area contributed by atoms with Crippen LogP contribution < -0.4 is 5.32 Å². The van der Waals surface area contributed by atoms with E-state index in [4.69, 9.17) is 5.11 Å². The van der Waals surface area contributed by atoms with Crippen molar-refractivity contribution in [2.75, 3.05) is 6.54 Å². The van der Waals surface area contributed by atoms with Crippen LogP contribution in [-0.2, 0) is 4.79 Å². The van der Waals surface area contributed by atoms with E-state index >= 15 is 0 Å². The Labute approximate surface area is 112 Å². The lowest BCUT2D eigenvalue weighted by atomic mass is 10.0. The molecule has 5 nitrogen and oxygen atoms in total. The molecular weight excluding hydrogens is 246 g/mol. The van der Waals surface area contributed by atoms with Crippen LogP contribution in [0.1, 0.15) is 35.7 Å². The zero-order valence-corrected chi connectivity index (χ0v) is 11.1. The van der Waals surface area contributed by atoms with E-state index in [0.29, 0.717) is 24.1 Å². The van der Waals surface area contributed by atoms with E-state index in [0.717, 1.165) is 0 Å². The highest BCUT2D eigenvalue weighted by molar-refractivity contribution is 5.94. The van der Waals surface area contributed by atoms with Gasteiger partial charge in [0.2, 0.25) is 0 Å². The van der Waals surface area contributed by atoms with Crippen molar-refractivity contribution < 1.29 is 19.8 Å². The van der Waals surface area contributed by atoms with Gasteiger partial charge in [-0.2, -0.15) is 0 Å². The lowest BCUT2D eigenvalue weighted by Crippen LogP contribution is -2.30. The number of phenolic OH excluding ortho intramolecular Hbond substituents is 1. The van der Waals surface area contributed by atoms with Gasteiger partial charge in [-0.05, 0) is 36.6 Å². The number of aryl methyl sites for hydroxylation is 1. The quantitative estimate of drug-likeness (QED) is 0.733. The van der Waals surface area contributed by atoms with Gasteiger partial charge in [0, 0.05) is 18.5 Å². The molecule has 5 heteroatoms. The predicted octanol–water partition coefficient (Wildman–Crippen LogP) is 1.93. The standard InChI is InChI=1S/C14H19NO4/c1-3-10(7-13(17)18)8-15-14(19)11-4-5-12(16)9(2)6-11/h4-6,10,16H,3,7-8H2,1-2H3,(H,15,19)(H,17,18). The highest BCUT2D eigenvalue weighted by Gasteiger charge is 2.13. The zero-order chi connectivity index (χ0) is 14.4. The highest BCUT2D eigenvalue weighted by Crippen LogP contribution is 2.17. The first-order chi connectivity index (χ1) is 8.93. The van der Waals surface area contributed by atoms with Gasteiger partial charge in [-0.25, -0.2) is 0 Å². The van der Waals surface area contributed by atoms with Crippen LogP contribution in [0.2, 0.25) is 0 Å². The van der Waals surface area contributed by atoms with Crippen molar-refractivity contribution in [2.45, 2.75) is 26.7 Å². The Morgan fingerprint density at radius 2 is 2.05 bits per heavy atom. The van der Waals surface area contributed by atoms with Crippen molar-refractivity contribution in [3.63, 3.8) is 0 Å². The number of carboxylic acid groups (broad SMARTS) is 1. The smallest absolute Gasteiger partial charge is 0.303 e. The highest BCUT2D eigenvalue weighted by atomic mass is 16.4. The van der Waals surface area contributed by atoms with Crippen molar-refractivity contribution in [2.24, 2.45) is 5.92 Å². The number of carbonyl (C=O) groups is 2. The third-order valence-electron chi connectivity index (χ3n) is 3.05. The predicted molar refractivity (Wildman–Crippen MR) is 71.2 cm³/mol. The van der Waals surface area contributed by atoms with Gasteiger partial charge in [0.15, 0.2) is 0 Å². The molecule has 0 aliphatic carbocycles. The molecule has 0 spiro atoms. The number of hydrogen-bond acceptors (Lipinski definition) is 3. The number of aromatic hydroxyl groups is 1. The summed E-state index contributed by atoms with van der Waals surface area (Å²) in [7, 11) is 0. The summed E-state index contributed by atoms with van der Waals surface area (Å²) in [6.07, 6.45) is 0.743. The van der Waals surface area contributed by atoms with Gasteiger partial charge in [-0.3, -0.25) is 9.59 Å². The fourth-order valence-corrected chi connectivity index (χ4v) is 1.74. The maximum Gasteiger partial charge on any atom is 0.303 e. The molecule has 1 aromatic carbocycles. The number of benzene rings is 1. The Morgan fingerprint density at radius 1 is 1.37 bits per heavy atom. The van der Waals surface area contributed by atoms with Gasteiger partial charge >= 0.3 is 5.97 Å². The molecule has 0 aromatic heterocycles. The van der Waals surface area contributed by atoms with E-state index < -0.39 is 5.97 Å². The van der Waals surface area contributed by atoms with Crippen molar-refractivity contribution in [1.29, 1.82) is 0 Å². The van der Waals surface area contributed by atoms with Gasteiger partial charge in [0.05, 0.1) is 0 Å². The van der Waals surface area contributed by atoms with Crippen LogP contribution in [0, 0.1) is 12.8 Å². The normalized spacial score (nSPS) is 11.9. The van der Waals surface area contributed by atoms with Gasteiger partial charge in [0.25, 0.3) is 5.91 Å². The molecule has 0 radical (unpaired) electrons. The number of nitrogens with one attached hydrogen (secondary N) is 1. The molecule has 0 saturated carbocycles. The first kappa shape index (κ1) is 15.0. The van der Waals surface area contributed by atoms with Crippen LogP contribution in [0.3, 0.4) is 0 Å². The molecule has 0 heterocycles.